The average Bonchev–Trinajstić information content (AvgIpc) is 1.90. The Balaban J connectivity index is 2.13. The van der Waals surface area contributed by atoms with Crippen molar-refractivity contribution in [2.45, 2.75) is 5.44 Å². The Labute approximate surface area is 54.0 Å². The molecule has 2 nitrogen and oxygen atoms in total. The van der Waals surface area contributed by atoms with E-state index in [0.717, 1.165) is 19.7 Å². The van der Waals surface area contributed by atoms with E-state index < -0.39 is 0 Å². The number of ether oxygens (including phenoxy) is 1. The minimum Gasteiger partial charge on any atom is -0.365 e. The lowest BCUT2D eigenvalue weighted by atomic mass is 10.5. The third kappa shape index (κ3) is 1.65. The monoisotopic (exact) mass is 132 g/mol. The molecule has 1 N–H and O–H groups in total. The van der Waals surface area contributed by atoms with Crippen molar-refractivity contribution in [2.75, 3.05) is 19.7 Å². The lowest BCUT2D eigenvalue weighted by Crippen LogP contribution is -2.36. The Morgan fingerprint density at radius 2 is 2.62 bits per heavy atom. The van der Waals surface area contributed by atoms with Gasteiger partial charge in [-0.15, -0.1) is 11.8 Å². The van der Waals surface area contributed by atoms with Gasteiger partial charge in [-0.3, -0.25) is 0 Å². The molecule has 1 saturated heterocycles. The van der Waals surface area contributed by atoms with Gasteiger partial charge >= 0.3 is 0 Å². The van der Waals surface area contributed by atoms with Gasteiger partial charge in [0.15, 0.2) is 0 Å². The highest BCUT2D eigenvalue weighted by atomic mass is 32.2. The van der Waals surface area contributed by atoms with Crippen LogP contribution in [-0.2, 0) is 4.74 Å². The maximum atomic E-state index is 5.27. The molecular weight excluding hydrogens is 122 g/mol. The van der Waals surface area contributed by atoms with E-state index in [1.807, 2.05) is 0 Å². The molecule has 47 valence electrons. The summed E-state index contributed by atoms with van der Waals surface area (Å²) in [6.45, 7) is 2.75. The molecular formula is C5H10NOS. The zero-order valence-electron chi connectivity index (χ0n) is 4.72. The van der Waals surface area contributed by atoms with E-state index in [0.29, 0.717) is 0 Å². The van der Waals surface area contributed by atoms with Gasteiger partial charge in [-0.25, -0.2) is 0 Å². The summed E-state index contributed by atoms with van der Waals surface area (Å²) < 4.78 is 5.27. The van der Waals surface area contributed by atoms with Crippen LogP contribution in [-0.4, -0.2) is 25.1 Å². The van der Waals surface area contributed by atoms with Crippen LogP contribution < -0.4 is 5.32 Å². The predicted octanol–water partition coefficient (Wildman–Crippen LogP) is 0.457. The van der Waals surface area contributed by atoms with E-state index in [1.165, 1.54) is 11.8 Å². The summed E-state index contributed by atoms with van der Waals surface area (Å²) in [7, 11) is 0. The van der Waals surface area contributed by atoms with Gasteiger partial charge in [0.25, 0.3) is 0 Å². The maximum absolute atomic E-state index is 5.27. The van der Waals surface area contributed by atoms with Gasteiger partial charge < -0.3 is 10.1 Å². The van der Waals surface area contributed by atoms with E-state index in [-0.39, 0.29) is 5.44 Å². The van der Waals surface area contributed by atoms with Crippen LogP contribution in [0.4, 0.5) is 0 Å². The van der Waals surface area contributed by atoms with Gasteiger partial charge in [-0.1, -0.05) is 0 Å². The van der Waals surface area contributed by atoms with Crippen LogP contribution in [0.3, 0.4) is 0 Å². The van der Waals surface area contributed by atoms with Crippen LogP contribution in [0.2, 0.25) is 0 Å². The zero-order valence-corrected chi connectivity index (χ0v) is 5.54. The highest BCUT2D eigenvalue weighted by Crippen LogP contribution is 2.10. The summed E-state index contributed by atoms with van der Waals surface area (Å²) in [5, 5.41) is 3.20. The van der Waals surface area contributed by atoms with Crippen LogP contribution in [0.15, 0.2) is 0 Å². The third-order valence-corrected chi connectivity index (χ3v) is 1.75. The molecule has 1 heterocycles. The Bertz CT molecular complexity index is 63.4. The van der Waals surface area contributed by atoms with Crippen LogP contribution in [0.25, 0.3) is 0 Å². The van der Waals surface area contributed by atoms with Crippen LogP contribution in [0.1, 0.15) is 0 Å². The molecule has 1 aliphatic heterocycles. The average molecular weight is 132 g/mol. The topological polar surface area (TPSA) is 21.3 Å². The first-order valence-electron chi connectivity index (χ1n) is 2.66. The van der Waals surface area contributed by atoms with Crippen molar-refractivity contribution in [2.24, 2.45) is 0 Å². The molecule has 0 saturated carbocycles. The first-order valence-corrected chi connectivity index (χ1v) is 3.71. The molecule has 0 aromatic rings. The number of nitrogens with one attached hydrogen (secondary N) is 1. The van der Waals surface area contributed by atoms with Crippen molar-refractivity contribution in [1.82, 2.24) is 5.32 Å². The Hall–Kier alpha value is 0.270. The Kier molecular flexibility index (Phi) is 2.66. The summed E-state index contributed by atoms with van der Waals surface area (Å²) >= 11 is 1.51. The standard InChI is InChI=1S/C5H10NOS/c1-8-5-4-6-2-3-7-5/h5-6H,1-4H2. The predicted molar refractivity (Wildman–Crippen MR) is 35.6 cm³/mol. The van der Waals surface area contributed by atoms with Crippen LogP contribution >= 0.6 is 11.8 Å². The lowest BCUT2D eigenvalue weighted by Gasteiger charge is -2.21. The number of rotatable bonds is 1. The summed E-state index contributed by atoms with van der Waals surface area (Å²) in [4.78, 5) is 0. The quantitative estimate of drug-likeness (QED) is 0.560. The van der Waals surface area contributed by atoms with Crippen molar-refractivity contribution in [3.8, 4) is 0 Å². The molecule has 8 heavy (non-hydrogen) atoms. The van der Waals surface area contributed by atoms with E-state index in [1.54, 1.807) is 0 Å². The second-order valence-electron chi connectivity index (χ2n) is 1.67. The van der Waals surface area contributed by atoms with Crippen molar-refractivity contribution in [3.63, 3.8) is 0 Å². The normalized spacial score (nSPS) is 30.4. The molecule has 0 aromatic carbocycles. The fourth-order valence-corrected chi connectivity index (χ4v) is 1.08. The zero-order chi connectivity index (χ0) is 5.82. The molecule has 0 spiro atoms. The minimum absolute atomic E-state index is 0.281. The lowest BCUT2D eigenvalue weighted by molar-refractivity contribution is 0.0857. The highest BCUT2D eigenvalue weighted by molar-refractivity contribution is 8.00. The maximum Gasteiger partial charge on any atom is 0.115 e. The summed E-state index contributed by atoms with van der Waals surface area (Å²) in [6.07, 6.45) is 3.66. The number of hydrogen-bond donors (Lipinski definition) is 1. The van der Waals surface area contributed by atoms with Gasteiger partial charge in [0.1, 0.15) is 5.44 Å². The van der Waals surface area contributed by atoms with Gasteiger partial charge in [0, 0.05) is 19.3 Å². The molecule has 1 unspecified atom stereocenters. The second-order valence-corrected chi connectivity index (χ2v) is 2.53. The number of thioether (sulfide) groups is 1. The summed E-state index contributed by atoms with van der Waals surface area (Å²) in [5.41, 5.74) is 0.281. The van der Waals surface area contributed by atoms with Gasteiger partial charge in [0.05, 0.1) is 6.61 Å². The molecule has 0 amide bonds. The first kappa shape index (κ1) is 6.39. The van der Waals surface area contributed by atoms with E-state index >= 15 is 0 Å². The second kappa shape index (κ2) is 3.33. The largest absolute Gasteiger partial charge is 0.365 e. The number of hydrogen-bond acceptors (Lipinski definition) is 3. The molecule has 1 fully saturated rings. The molecule has 1 rings (SSSR count). The smallest absolute Gasteiger partial charge is 0.115 e. The van der Waals surface area contributed by atoms with Crippen molar-refractivity contribution >= 4 is 11.8 Å². The van der Waals surface area contributed by atoms with Crippen molar-refractivity contribution < 1.29 is 4.74 Å². The molecule has 3 heteroatoms. The fourth-order valence-electron chi connectivity index (χ4n) is 0.648. The Morgan fingerprint density at radius 1 is 1.75 bits per heavy atom. The minimum atomic E-state index is 0.281. The molecule has 0 aliphatic carbocycles. The van der Waals surface area contributed by atoms with E-state index in [2.05, 4.69) is 11.6 Å². The molecule has 0 aromatic heterocycles. The molecule has 1 aliphatic rings. The first-order chi connectivity index (χ1) is 3.93. The van der Waals surface area contributed by atoms with Crippen molar-refractivity contribution in [3.05, 3.63) is 6.26 Å². The summed E-state index contributed by atoms with van der Waals surface area (Å²) in [5.74, 6) is 0. The molecule has 1 radical (unpaired) electrons. The summed E-state index contributed by atoms with van der Waals surface area (Å²) in [6, 6.07) is 0. The van der Waals surface area contributed by atoms with E-state index in [9.17, 15) is 0 Å². The third-order valence-electron chi connectivity index (χ3n) is 1.08. The fraction of sp³-hybridized carbons (Fsp3) is 0.800. The number of morpholine rings is 1. The van der Waals surface area contributed by atoms with Gasteiger partial charge in [-0.2, -0.15) is 0 Å². The van der Waals surface area contributed by atoms with Crippen LogP contribution in [0.5, 0.6) is 0 Å². The van der Waals surface area contributed by atoms with Crippen LogP contribution in [0, 0.1) is 6.26 Å². The van der Waals surface area contributed by atoms with Crippen molar-refractivity contribution in [1.29, 1.82) is 0 Å². The van der Waals surface area contributed by atoms with E-state index in [4.69, 9.17) is 4.74 Å². The SMILES string of the molecule is [CH2]SC1CNCCO1. The molecule has 0 bridgehead atoms. The molecule has 1 atom stereocenters. The van der Waals surface area contributed by atoms with Gasteiger partial charge in [0.2, 0.25) is 0 Å². The highest BCUT2D eigenvalue weighted by Gasteiger charge is 2.09. The Morgan fingerprint density at radius 3 is 3.00 bits per heavy atom. The van der Waals surface area contributed by atoms with Gasteiger partial charge in [-0.05, 0) is 0 Å².